The van der Waals surface area contributed by atoms with Crippen molar-refractivity contribution in [3.8, 4) is 5.75 Å². The standard InChI is InChI=1S/C27H38N2.C17H12F5NO2.2ClH.Ru/c1-18(2)22-11-9-12-23(19(3)4)26(22)28-15-16-29(17-28)27-24(20(5)6)13-10-14-25(27)21(7)8;1-8(2)25-10-6-4-3-5-9(10)7-23-17(24)11-12(18)14(20)16(22)15(21)13(11)19;;;/h9-14,18-21H,15-16H2,1-8H3;3-6,8H,1-2H3,(H,23,24);2*1H;/q;;;;+2/p-2. The first kappa shape index (κ1) is 44.4. The first-order valence-electron chi connectivity index (χ1n) is 19.0. The van der Waals surface area contributed by atoms with E-state index in [9.17, 15) is 18.0 Å². The minimum absolute atomic E-state index is 0.0613. The maximum atomic E-state index is 15.3. The second-order valence-corrected chi connectivity index (χ2v) is 24.7. The number of ether oxygens (including phenoxy) is 1. The van der Waals surface area contributed by atoms with Crippen LogP contribution >= 0.6 is 19.4 Å². The van der Waals surface area contributed by atoms with Crippen molar-refractivity contribution in [3.05, 3.63) is 123 Å². The fourth-order valence-corrected chi connectivity index (χ4v) is 13.8. The van der Waals surface area contributed by atoms with Gasteiger partial charge < -0.3 is 0 Å². The van der Waals surface area contributed by atoms with Gasteiger partial charge in [-0.05, 0) is 0 Å². The molecule has 57 heavy (non-hydrogen) atoms. The van der Waals surface area contributed by atoms with E-state index < -0.39 is 52.4 Å². The Morgan fingerprint density at radius 1 is 0.614 bits per heavy atom. The van der Waals surface area contributed by atoms with E-state index in [0.717, 1.165) is 33.6 Å². The topological polar surface area (TPSA) is 44.8 Å². The first-order chi connectivity index (χ1) is 26.7. The molecule has 4 aromatic rings. The van der Waals surface area contributed by atoms with Gasteiger partial charge in [-0.15, -0.1) is 0 Å². The molecule has 5 nitrogen and oxygen atoms in total. The number of nitrogens with one attached hydrogen (secondary N) is 1. The average molecular weight is 920 g/mol. The zero-order chi connectivity index (χ0) is 42.3. The summed E-state index contributed by atoms with van der Waals surface area (Å²) >= 11 is -5.00. The summed E-state index contributed by atoms with van der Waals surface area (Å²) in [6, 6.07) is 18.9. The number of amides is 1. The van der Waals surface area contributed by atoms with Crippen molar-refractivity contribution in [2.75, 3.05) is 22.9 Å². The van der Waals surface area contributed by atoms with Gasteiger partial charge in [-0.1, -0.05) is 0 Å². The fraction of sp³-hybridized carbons (Fsp3) is 0.386. The van der Waals surface area contributed by atoms with Gasteiger partial charge in [0.2, 0.25) is 0 Å². The molecular weight excluding hydrogens is 869 g/mol. The molecule has 310 valence electrons. The van der Waals surface area contributed by atoms with Crippen LogP contribution in [0, 0.1) is 29.1 Å². The Morgan fingerprint density at radius 2 is 1.00 bits per heavy atom. The van der Waals surface area contributed by atoms with Gasteiger partial charge in [-0.2, -0.15) is 0 Å². The molecule has 0 saturated carbocycles. The SMILES string of the molecule is CC(C)Oc1ccccc1[C](NC(=O)c1c(F)c(F)c(F)c(F)c1F)=[Ru]([Cl])([Cl])=[C]1N(c2c(C(C)C)cccc2C(C)C)CCN1c1c(C(C)C)cccc1C(C)C. The number of halogens is 7. The minimum atomic E-state index is -5.00. The molecule has 1 N–H and O–H groups in total. The van der Waals surface area contributed by atoms with E-state index in [0.29, 0.717) is 17.4 Å². The predicted molar refractivity (Wildman–Crippen MR) is 221 cm³/mol. The molecule has 0 radical (unpaired) electrons. The Morgan fingerprint density at radius 3 is 1.39 bits per heavy atom. The molecule has 0 aliphatic carbocycles. The summed E-state index contributed by atoms with van der Waals surface area (Å²) in [5.74, 6) is -12.6. The van der Waals surface area contributed by atoms with E-state index in [1.54, 1.807) is 38.1 Å². The average Bonchev–Trinajstić information content (AvgIpc) is 3.60. The zero-order valence-corrected chi connectivity index (χ0v) is 37.0. The number of nitrogens with zero attached hydrogens (tertiary/aromatic N) is 2. The van der Waals surface area contributed by atoms with Gasteiger partial charge in [0.1, 0.15) is 0 Å². The van der Waals surface area contributed by atoms with Crippen LogP contribution in [0.1, 0.15) is 131 Å². The summed E-state index contributed by atoms with van der Waals surface area (Å²) in [6.07, 6.45) is -0.381. The van der Waals surface area contributed by atoms with Crippen LogP contribution in [-0.2, 0) is 11.9 Å². The summed E-state index contributed by atoms with van der Waals surface area (Å²) in [4.78, 5) is 18.3. The molecule has 0 aromatic heterocycles. The normalized spacial score (nSPS) is 13.9. The van der Waals surface area contributed by atoms with Gasteiger partial charge in [0.05, 0.1) is 0 Å². The monoisotopic (exact) mass is 919 g/mol. The molecule has 1 aliphatic rings. The number of hydrogen-bond donors (Lipinski definition) is 1. The van der Waals surface area contributed by atoms with Crippen LogP contribution in [0.25, 0.3) is 0 Å². The van der Waals surface area contributed by atoms with Gasteiger partial charge in [0, 0.05) is 0 Å². The van der Waals surface area contributed by atoms with Crippen LogP contribution in [-0.4, -0.2) is 33.7 Å². The quantitative estimate of drug-likeness (QED) is 0.0705. The molecule has 4 aromatic carbocycles. The third-order valence-corrected chi connectivity index (χ3v) is 16.4. The maximum absolute atomic E-state index is 15.3. The van der Waals surface area contributed by atoms with Gasteiger partial charge >= 0.3 is 345 Å². The number of para-hydroxylation sites is 3. The van der Waals surface area contributed by atoms with Gasteiger partial charge in [-0.3, -0.25) is 0 Å². The van der Waals surface area contributed by atoms with Gasteiger partial charge in [-0.25, -0.2) is 0 Å². The number of carbonyl (C=O) groups excluding carboxylic acids is 1. The Hall–Kier alpha value is -3.66. The number of carbonyl (C=O) groups is 1. The Bertz CT molecular complexity index is 2160. The summed E-state index contributed by atoms with van der Waals surface area (Å²) in [5.41, 5.74) is 4.44. The van der Waals surface area contributed by atoms with Crippen molar-refractivity contribution < 1.29 is 43.4 Å². The molecule has 13 heteroatoms. The molecule has 1 fully saturated rings. The molecule has 0 atom stereocenters. The number of benzene rings is 4. The van der Waals surface area contributed by atoms with Crippen LogP contribution in [0.3, 0.4) is 0 Å². The van der Waals surface area contributed by atoms with Crippen molar-refractivity contribution in [2.45, 2.75) is 99.0 Å². The van der Waals surface area contributed by atoms with Crippen LogP contribution in [0.4, 0.5) is 33.3 Å². The number of anilines is 2. The molecule has 0 unspecified atom stereocenters. The van der Waals surface area contributed by atoms with Crippen LogP contribution < -0.4 is 19.9 Å². The van der Waals surface area contributed by atoms with E-state index >= 15 is 8.78 Å². The van der Waals surface area contributed by atoms with Crippen LogP contribution in [0.15, 0.2) is 60.7 Å². The predicted octanol–water partition coefficient (Wildman–Crippen LogP) is 12.1. The summed E-state index contributed by atoms with van der Waals surface area (Å²) < 4.78 is 80.5. The van der Waals surface area contributed by atoms with Crippen LogP contribution in [0.2, 0.25) is 0 Å². The molecule has 1 heterocycles. The van der Waals surface area contributed by atoms with Gasteiger partial charge in [0.15, 0.2) is 0 Å². The van der Waals surface area contributed by atoms with E-state index in [1.807, 2.05) is 12.1 Å². The van der Waals surface area contributed by atoms with E-state index in [1.165, 1.54) is 0 Å². The van der Waals surface area contributed by atoms with Crippen molar-refractivity contribution >= 4 is 45.2 Å². The molecule has 0 bridgehead atoms. The fourth-order valence-electron chi connectivity index (χ4n) is 7.10. The first-order valence-corrected chi connectivity index (χ1v) is 25.2. The van der Waals surface area contributed by atoms with Crippen molar-refractivity contribution in [2.24, 2.45) is 0 Å². The van der Waals surface area contributed by atoms with Crippen molar-refractivity contribution in [3.63, 3.8) is 0 Å². The van der Waals surface area contributed by atoms with Crippen LogP contribution in [0.5, 0.6) is 5.75 Å². The van der Waals surface area contributed by atoms with E-state index in [4.69, 9.17) is 24.1 Å². The second-order valence-electron chi connectivity index (χ2n) is 15.5. The molecule has 1 amide bonds. The summed E-state index contributed by atoms with van der Waals surface area (Å²) in [5, 5.41) is 2.53. The number of hydrogen-bond acceptors (Lipinski definition) is 4. The Kier molecular flexibility index (Phi) is 13.8. The van der Waals surface area contributed by atoms with E-state index in [2.05, 4.69) is 94.8 Å². The zero-order valence-electron chi connectivity index (χ0n) is 33.8. The molecule has 0 spiro atoms. The third kappa shape index (κ3) is 8.58. The second kappa shape index (κ2) is 17.7. The Labute approximate surface area is 343 Å². The summed E-state index contributed by atoms with van der Waals surface area (Å²) in [7, 11) is 16.0. The molecule has 5 rings (SSSR count). The van der Waals surface area contributed by atoms with Crippen molar-refractivity contribution in [1.82, 2.24) is 5.32 Å². The molecular formula is C44H50Cl2F5N3O2Ru. The molecule has 1 aliphatic heterocycles. The summed E-state index contributed by atoms with van der Waals surface area (Å²) in [6.45, 7) is 21.2. The third-order valence-electron chi connectivity index (χ3n) is 9.76. The van der Waals surface area contributed by atoms with Crippen molar-refractivity contribution in [1.29, 1.82) is 0 Å². The number of rotatable bonds is 11. The van der Waals surface area contributed by atoms with E-state index in [-0.39, 0.29) is 45.3 Å². The van der Waals surface area contributed by atoms with Gasteiger partial charge in [0.25, 0.3) is 0 Å². The Balaban J connectivity index is 2.05. The molecule has 1 saturated heterocycles.